The third kappa shape index (κ3) is 2.76. The lowest BCUT2D eigenvalue weighted by molar-refractivity contribution is -0.139. The summed E-state index contributed by atoms with van der Waals surface area (Å²) in [7, 11) is 0. The van der Waals surface area contributed by atoms with E-state index in [1.807, 2.05) is 13.8 Å². The molecule has 0 spiro atoms. The number of halogens is 1. The smallest absolute Gasteiger partial charge is 0.326 e. The lowest BCUT2D eigenvalue weighted by atomic mass is 9.99. The first-order valence-electron chi connectivity index (χ1n) is 5.89. The van der Waals surface area contributed by atoms with Gasteiger partial charge in [0, 0.05) is 0 Å². The van der Waals surface area contributed by atoms with Crippen LogP contribution in [0.4, 0.5) is 5.82 Å². The highest BCUT2D eigenvalue weighted by Gasteiger charge is 2.25. The van der Waals surface area contributed by atoms with Crippen LogP contribution in [0, 0.1) is 5.92 Å². The summed E-state index contributed by atoms with van der Waals surface area (Å²) in [6, 6.07) is -0.748. The largest absolute Gasteiger partial charge is 0.480 e. The number of anilines is 1. The Kier molecular flexibility index (Phi) is 3.84. The van der Waals surface area contributed by atoms with Crippen LogP contribution >= 0.6 is 11.6 Å². The van der Waals surface area contributed by atoms with Crippen LogP contribution in [-0.2, 0) is 4.79 Å². The van der Waals surface area contributed by atoms with Gasteiger partial charge in [-0.05, 0) is 17.5 Å². The van der Waals surface area contributed by atoms with Crippen molar-refractivity contribution in [1.82, 2.24) is 19.9 Å². The Labute approximate surface area is 114 Å². The maximum absolute atomic E-state index is 11.3. The van der Waals surface area contributed by atoms with Crippen molar-refractivity contribution in [3.8, 4) is 0 Å². The van der Waals surface area contributed by atoms with Crippen LogP contribution in [0.2, 0.25) is 5.28 Å². The van der Waals surface area contributed by atoms with Gasteiger partial charge in [0.05, 0.1) is 6.33 Å². The van der Waals surface area contributed by atoms with Crippen LogP contribution in [0.3, 0.4) is 0 Å². The highest BCUT2D eigenvalue weighted by atomic mass is 35.5. The molecule has 0 saturated heterocycles. The fourth-order valence-electron chi connectivity index (χ4n) is 1.74. The molecule has 3 N–H and O–H groups in total. The summed E-state index contributed by atoms with van der Waals surface area (Å²) in [5.74, 6) is -0.638. The van der Waals surface area contributed by atoms with Crippen LogP contribution in [0.5, 0.6) is 0 Å². The predicted octanol–water partition coefficient (Wildman–Crippen LogP) is 1.92. The van der Waals surface area contributed by atoms with Gasteiger partial charge in [-0.1, -0.05) is 20.3 Å². The number of hydrogen-bond acceptors (Lipinski definition) is 5. The summed E-state index contributed by atoms with van der Waals surface area (Å²) < 4.78 is 0. The molecular formula is C11H14ClN5O2. The molecule has 0 aliphatic carbocycles. The quantitative estimate of drug-likeness (QED) is 0.724. The standard InChI is InChI=1S/C11H14ClN5O2/c1-3-5(2)6(10(18)19)15-9-7-8(14-4-13-7)16-11(12)17-9/h4-6H,3H2,1-2H3,(H,18,19)(H2,13,14,15,16,17)/t5-,6-/m1/s1. The van der Waals surface area contributed by atoms with Crippen molar-refractivity contribution in [2.45, 2.75) is 26.3 Å². The lowest BCUT2D eigenvalue weighted by Gasteiger charge is -2.20. The van der Waals surface area contributed by atoms with Gasteiger partial charge in [-0.2, -0.15) is 9.97 Å². The first kappa shape index (κ1) is 13.5. The summed E-state index contributed by atoms with van der Waals surface area (Å²) in [5.41, 5.74) is 0.940. The van der Waals surface area contributed by atoms with Crippen LogP contribution in [0.1, 0.15) is 20.3 Å². The van der Waals surface area contributed by atoms with Crippen molar-refractivity contribution < 1.29 is 9.90 Å². The van der Waals surface area contributed by atoms with Crippen LogP contribution in [0.15, 0.2) is 6.33 Å². The minimum absolute atomic E-state index is 0.0235. The molecule has 0 fully saturated rings. The molecule has 19 heavy (non-hydrogen) atoms. The molecule has 0 radical (unpaired) electrons. The number of hydrogen-bond donors (Lipinski definition) is 3. The number of carbonyl (C=O) groups is 1. The molecule has 8 heteroatoms. The maximum atomic E-state index is 11.3. The molecule has 2 rings (SSSR count). The van der Waals surface area contributed by atoms with Gasteiger partial charge in [-0.15, -0.1) is 0 Å². The molecule has 0 saturated carbocycles. The number of carboxylic acid groups (broad SMARTS) is 1. The van der Waals surface area contributed by atoms with E-state index < -0.39 is 12.0 Å². The van der Waals surface area contributed by atoms with E-state index in [1.165, 1.54) is 6.33 Å². The Morgan fingerprint density at radius 1 is 1.58 bits per heavy atom. The third-order valence-corrected chi connectivity index (χ3v) is 3.20. The number of nitrogens with zero attached hydrogens (tertiary/aromatic N) is 3. The average molecular weight is 284 g/mol. The van der Waals surface area contributed by atoms with Gasteiger partial charge >= 0.3 is 5.97 Å². The number of H-pyrrole nitrogens is 1. The summed E-state index contributed by atoms with van der Waals surface area (Å²) in [6.07, 6.45) is 2.19. The number of fused-ring (bicyclic) bond motifs is 1. The summed E-state index contributed by atoms with van der Waals surface area (Å²) in [6.45, 7) is 3.79. The van der Waals surface area contributed by atoms with E-state index in [1.54, 1.807) is 0 Å². The van der Waals surface area contributed by atoms with Gasteiger partial charge < -0.3 is 15.4 Å². The fourth-order valence-corrected chi connectivity index (χ4v) is 1.91. The molecule has 2 atom stereocenters. The van der Waals surface area contributed by atoms with Gasteiger partial charge in [-0.3, -0.25) is 0 Å². The van der Waals surface area contributed by atoms with Crippen molar-refractivity contribution in [2.75, 3.05) is 5.32 Å². The molecule has 0 aromatic carbocycles. The minimum atomic E-state index is -0.934. The number of carboxylic acids is 1. The van der Waals surface area contributed by atoms with E-state index in [-0.39, 0.29) is 11.2 Å². The first-order chi connectivity index (χ1) is 9.02. The second kappa shape index (κ2) is 5.40. The molecule has 0 aliphatic heterocycles. The van der Waals surface area contributed by atoms with E-state index in [4.69, 9.17) is 11.6 Å². The number of aromatic nitrogens is 4. The molecular weight excluding hydrogens is 270 g/mol. The lowest BCUT2D eigenvalue weighted by Crippen LogP contribution is -2.35. The first-order valence-corrected chi connectivity index (χ1v) is 6.26. The molecule has 2 aromatic heterocycles. The highest BCUT2D eigenvalue weighted by Crippen LogP contribution is 2.21. The predicted molar refractivity (Wildman–Crippen MR) is 71.2 cm³/mol. The molecule has 0 unspecified atom stereocenters. The van der Waals surface area contributed by atoms with Crippen molar-refractivity contribution in [2.24, 2.45) is 5.92 Å². The van der Waals surface area contributed by atoms with Gasteiger partial charge in [-0.25, -0.2) is 9.78 Å². The van der Waals surface area contributed by atoms with Crippen LogP contribution in [0.25, 0.3) is 11.2 Å². The van der Waals surface area contributed by atoms with E-state index in [0.29, 0.717) is 17.0 Å². The fraction of sp³-hybridized carbons (Fsp3) is 0.455. The Hall–Kier alpha value is -1.89. The SMILES string of the molecule is CC[C@@H](C)[C@@H](Nc1nc(Cl)nc2nc[nH]c12)C(=O)O. The normalized spacial score (nSPS) is 14.3. The van der Waals surface area contributed by atoms with Crippen molar-refractivity contribution in [1.29, 1.82) is 0 Å². The zero-order chi connectivity index (χ0) is 14.0. The van der Waals surface area contributed by atoms with Gasteiger partial charge in [0.15, 0.2) is 11.5 Å². The van der Waals surface area contributed by atoms with Gasteiger partial charge in [0.1, 0.15) is 11.6 Å². The Morgan fingerprint density at radius 2 is 2.32 bits per heavy atom. The van der Waals surface area contributed by atoms with Crippen molar-refractivity contribution >= 4 is 34.6 Å². The topological polar surface area (TPSA) is 104 Å². The zero-order valence-corrected chi connectivity index (χ0v) is 11.3. The second-order valence-corrected chi connectivity index (χ2v) is 4.63. The Morgan fingerprint density at radius 3 is 2.95 bits per heavy atom. The van der Waals surface area contributed by atoms with Gasteiger partial charge in [0.2, 0.25) is 5.28 Å². The third-order valence-electron chi connectivity index (χ3n) is 3.03. The highest BCUT2D eigenvalue weighted by molar-refractivity contribution is 6.28. The number of aliphatic carboxylic acids is 1. The number of rotatable bonds is 5. The molecule has 0 aliphatic rings. The molecule has 2 heterocycles. The van der Waals surface area contributed by atoms with E-state index >= 15 is 0 Å². The molecule has 0 bridgehead atoms. The molecule has 2 aromatic rings. The van der Waals surface area contributed by atoms with E-state index in [0.717, 1.165) is 6.42 Å². The Bertz CT molecular complexity index is 600. The average Bonchev–Trinajstić information content (AvgIpc) is 2.82. The molecule has 7 nitrogen and oxygen atoms in total. The van der Waals surface area contributed by atoms with Crippen LogP contribution < -0.4 is 5.32 Å². The summed E-state index contributed by atoms with van der Waals surface area (Å²) in [4.78, 5) is 26.1. The number of imidazole rings is 1. The molecule has 0 amide bonds. The summed E-state index contributed by atoms with van der Waals surface area (Å²) >= 11 is 5.79. The van der Waals surface area contributed by atoms with E-state index in [2.05, 4.69) is 25.3 Å². The second-order valence-electron chi connectivity index (χ2n) is 4.29. The van der Waals surface area contributed by atoms with E-state index in [9.17, 15) is 9.90 Å². The number of aromatic amines is 1. The molecule has 102 valence electrons. The number of nitrogens with one attached hydrogen (secondary N) is 2. The Balaban J connectivity index is 2.38. The van der Waals surface area contributed by atoms with Crippen LogP contribution in [-0.4, -0.2) is 37.1 Å². The zero-order valence-electron chi connectivity index (χ0n) is 10.5. The maximum Gasteiger partial charge on any atom is 0.326 e. The monoisotopic (exact) mass is 283 g/mol. The summed E-state index contributed by atoms with van der Waals surface area (Å²) in [5, 5.41) is 12.2. The minimum Gasteiger partial charge on any atom is -0.480 e. The van der Waals surface area contributed by atoms with Gasteiger partial charge in [0.25, 0.3) is 0 Å². The van der Waals surface area contributed by atoms with Crippen molar-refractivity contribution in [3.05, 3.63) is 11.6 Å². The van der Waals surface area contributed by atoms with Crippen molar-refractivity contribution in [3.63, 3.8) is 0 Å².